The van der Waals surface area contributed by atoms with E-state index in [-0.39, 0.29) is 30.1 Å². The molecule has 3 amide bonds. The maximum absolute atomic E-state index is 13.8. The van der Waals surface area contributed by atoms with Crippen LogP contribution in [0.15, 0.2) is 79.0 Å². The third-order valence-electron chi connectivity index (χ3n) is 7.57. The van der Waals surface area contributed by atoms with Crippen molar-refractivity contribution < 1.29 is 22.8 Å². The van der Waals surface area contributed by atoms with Crippen molar-refractivity contribution in [1.29, 1.82) is 0 Å². The van der Waals surface area contributed by atoms with E-state index < -0.39 is 23.5 Å². The first-order valence-electron chi connectivity index (χ1n) is 13.0. The lowest BCUT2D eigenvalue weighted by molar-refractivity contribution is -0.117. The largest absolute Gasteiger partial charge is 0.322 e. The Hall–Kier alpha value is -4.60. The zero-order valence-electron chi connectivity index (χ0n) is 21.4. The molecule has 1 aromatic heterocycles. The number of urea groups is 1. The molecule has 0 aliphatic carbocycles. The number of halogens is 3. The van der Waals surface area contributed by atoms with Gasteiger partial charge in [0.2, 0.25) is 5.91 Å². The number of fused-ring (bicyclic) bond motifs is 1. The molecule has 1 N–H and O–H groups in total. The third-order valence-corrected chi connectivity index (χ3v) is 7.57. The van der Waals surface area contributed by atoms with E-state index >= 15 is 0 Å². The van der Waals surface area contributed by atoms with E-state index in [0.717, 1.165) is 23.3 Å². The van der Waals surface area contributed by atoms with E-state index in [2.05, 4.69) is 10.4 Å². The Morgan fingerprint density at radius 3 is 2.33 bits per heavy atom. The van der Waals surface area contributed by atoms with Gasteiger partial charge in [0.05, 0.1) is 36.7 Å². The Morgan fingerprint density at radius 2 is 1.62 bits per heavy atom. The third kappa shape index (κ3) is 4.92. The van der Waals surface area contributed by atoms with Gasteiger partial charge in [-0.1, -0.05) is 60.7 Å². The van der Waals surface area contributed by atoms with Crippen LogP contribution < -0.4 is 10.2 Å². The molecule has 40 heavy (non-hydrogen) atoms. The maximum Gasteiger partial charge on any atom is 0.322 e. The van der Waals surface area contributed by atoms with Gasteiger partial charge in [0.25, 0.3) is 0 Å². The molecule has 0 spiro atoms. The summed E-state index contributed by atoms with van der Waals surface area (Å²) in [4.78, 5) is 29.9. The Labute approximate surface area is 228 Å². The number of rotatable bonds is 5. The highest BCUT2D eigenvalue weighted by Gasteiger charge is 2.38. The summed E-state index contributed by atoms with van der Waals surface area (Å²) in [6, 6.07) is 20.0. The standard InChI is InChI=1S/C30H26F3N5O2/c31-24-13-22(14-25(32)29(24)33)35-30(40)36-18-27-26(37-16-21(12-28(37)39)20-9-5-2-6-10-20)15-34-38(27)17-23(36)11-19-7-3-1-4-8-19/h1-10,13-15,21,23H,11-12,16-18H2,(H,35,40). The van der Waals surface area contributed by atoms with Crippen LogP contribution >= 0.6 is 0 Å². The van der Waals surface area contributed by atoms with Gasteiger partial charge < -0.3 is 15.1 Å². The molecule has 0 radical (unpaired) electrons. The Bertz CT molecular complexity index is 1540. The van der Waals surface area contributed by atoms with Gasteiger partial charge in [-0.2, -0.15) is 5.10 Å². The predicted molar refractivity (Wildman–Crippen MR) is 143 cm³/mol. The molecule has 204 valence electrons. The minimum atomic E-state index is -1.60. The zero-order chi connectivity index (χ0) is 27.8. The van der Waals surface area contributed by atoms with Gasteiger partial charge >= 0.3 is 6.03 Å². The van der Waals surface area contributed by atoms with Gasteiger partial charge in [-0.15, -0.1) is 0 Å². The highest BCUT2D eigenvalue weighted by molar-refractivity contribution is 5.97. The first-order valence-corrected chi connectivity index (χ1v) is 13.0. The van der Waals surface area contributed by atoms with Crippen LogP contribution in [0.5, 0.6) is 0 Å². The topological polar surface area (TPSA) is 70.5 Å². The van der Waals surface area contributed by atoms with Crippen LogP contribution in [0.25, 0.3) is 0 Å². The summed E-state index contributed by atoms with van der Waals surface area (Å²) in [6.07, 6.45) is 2.54. The van der Waals surface area contributed by atoms with Crippen LogP contribution in [0, 0.1) is 17.5 Å². The van der Waals surface area contributed by atoms with Gasteiger partial charge in [-0.05, 0) is 17.5 Å². The molecule has 10 heteroatoms. The van der Waals surface area contributed by atoms with Gasteiger partial charge in [0.1, 0.15) is 0 Å². The van der Waals surface area contributed by atoms with Crippen molar-refractivity contribution in [3.63, 3.8) is 0 Å². The second kappa shape index (κ2) is 10.5. The molecular weight excluding hydrogens is 519 g/mol. The summed E-state index contributed by atoms with van der Waals surface area (Å²) < 4.78 is 43.0. The number of carbonyl (C=O) groups is 2. The summed E-state index contributed by atoms with van der Waals surface area (Å²) in [5.41, 5.74) is 3.22. The predicted octanol–water partition coefficient (Wildman–Crippen LogP) is 5.48. The molecule has 0 saturated carbocycles. The van der Waals surface area contributed by atoms with Crippen molar-refractivity contribution in [3.8, 4) is 0 Å². The Balaban J connectivity index is 1.29. The summed E-state index contributed by atoms with van der Waals surface area (Å²) in [7, 11) is 0. The first kappa shape index (κ1) is 25.7. The number of nitrogens with one attached hydrogen (secondary N) is 1. The fourth-order valence-electron chi connectivity index (χ4n) is 5.55. The van der Waals surface area contributed by atoms with Gasteiger partial charge in [-0.25, -0.2) is 18.0 Å². The second-order valence-electron chi connectivity index (χ2n) is 10.1. The molecule has 2 atom stereocenters. The molecule has 7 nitrogen and oxygen atoms in total. The number of aromatic nitrogens is 2. The fraction of sp³-hybridized carbons (Fsp3) is 0.233. The smallest absolute Gasteiger partial charge is 0.313 e. The number of hydrogen-bond acceptors (Lipinski definition) is 3. The minimum absolute atomic E-state index is 0.0238. The van der Waals surface area contributed by atoms with Crippen molar-refractivity contribution >= 4 is 23.3 Å². The number of hydrogen-bond donors (Lipinski definition) is 1. The summed E-state index contributed by atoms with van der Waals surface area (Å²) >= 11 is 0. The molecule has 4 aromatic rings. The lowest BCUT2D eigenvalue weighted by Gasteiger charge is -2.37. The minimum Gasteiger partial charge on any atom is -0.313 e. The SMILES string of the molecule is O=C1CC(c2ccccc2)CN1c1cnn2c1CN(C(=O)Nc1cc(F)c(F)c(F)c1)C(Cc1ccccc1)C2. The Morgan fingerprint density at radius 1 is 0.950 bits per heavy atom. The molecule has 1 saturated heterocycles. The first-order chi connectivity index (χ1) is 19.4. The van der Waals surface area contributed by atoms with Gasteiger partial charge in [-0.3, -0.25) is 9.48 Å². The number of anilines is 2. The van der Waals surface area contributed by atoms with E-state index in [4.69, 9.17) is 0 Å². The van der Waals surface area contributed by atoms with E-state index in [1.54, 1.807) is 16.0 Å². The van der Waals surface area contributed by atoms with Crippen LogP contribution in [-0.4, -0.2) is 39.2 Å². The van der Waals surface area contributed by atoms with Crippen molar-refractivity contribution in [1.82, 2.24) is 14.7 Å². The Kier molecular flexibility index (Phi) is 6.75. The molecule has 2 aliphatic rings. The molecule has 1 fully saturated rings. The lowest BCUT2D eigenvalue weighted by Crippen LogP contribution is -2.49. The number of carbonyl (C=O) groups excluding carboxylic acids is 2. The highest BCUT2D eigenvalue weighted by Crippen LogP contribution is 2.36. The van der Waals surface area contributed by atoms with Crippen molar-refractivity contribution in [2.24, 2.45) is 0 Å². The molecule has 0 bridgehead atoms. The van der Waals surface area contributed by atoms with E-state index in [1.165, 1.54) is 0 Å². The van der Waals surface area contributed by atoms with Crippen molar-refractivity contribution in [2.75, 3.05) is 16.8 Å². The summed E-state index contributed by atoms with van der Waals surface area (Å²) in [6.45, 7) is 0.966. The normalized spacial score (nSPS) is 18.6. The van der Waals surface area contributed by atoms with Crippen molar-refractivity contribution in [2.45, 2.75) is 37.9 Å². The lowest BCUT2D eigenvalue weighted by atomic mass is 9.98. The summed E-state index contributed by atoms with van der Waals surface area (Å²) in [5, 5.41) is 7.08. The monoisotopic (exact) mass is 545 g/mol. The van der Waals surface area contributed by atoms with Gasteiger partial charge in [0.15, 0.2) is 17.5 Å². The van der Waals surface area contributed by atoms with E-state index in [0.29, 0.717) is 37.3 Å². The average molecular weight is 546 g/mol. The number of amides is 3. The van der Waals surface area contributed by atoms with Crippen LogP contribution in [-0.2, 0) is 24.3 Å². The molecule has 3 aromatic carbocycles. The molecular formula is C30H26F3N5O2. The van der Waals surface area contributed by atoms with Crippen LogP contribution in [0.3, 0.4) is 0 Å². The number of benzene rings is 3. The molecule has 2 aliphatic heterocycles. The highest BCUT2D eigenvalue weighted by atomic mass is 19.2. The van der Waals surface area contributed by atoms with Crippen LogP contribution in [0.1, 0.15) is 29.2 Å². The number of nitrogens with zero attached hydrogens (tertiary/aromatic N) is 4. The molecule has 2 unspecified atom stereocenters. The van der Waals surface area contributed by atoms with Crippen LogP contribution in [0.2, 0.25) is 0 Å². The van der Waals surface area contributed by atoms with Crippen LogP contribution in [0.4, 0.5) is 29.3 Å². The van der Waals surface area contributed by atoms with E-state index in [1.807, 2.05) is 65.3 Å². The molecule has 6 rings (SSSR count). The molecule has 3 heterocycles. The second-order valence-corrected chi connectivity index (χ2v) is 10.1. The quantitative estimate of drug-likeness (QED) is 0.338. The maximum atomic E-state index is 13.8. The average Bonchev–Trinajstić information content (AvgIpc) is 3.54. The fourth-order valence-corrected chi connectivity index (χ4v) is 5.55. The van der Waals surface area contributed by atoms with Crippen molar-refractivity contribution in [3.05, 3.63) is 113 Å². The summed E-state index contributed by atoms with van der Waals surface area (Å²) in [5.74, 6) is -4.37. The zero-order valence-corrected chi connectivity index (χ0v) is 21.4. The van der Waals surface area contributed by atoms with E-state index in [9.17, 15) is 22.8 Å². The van der Waals surface area contributed by atoms with Gasteiger partial charge in [0, 0.05) is 36.7 Å².